The van der Waals surface area contributed by atoms with Crippen molar-refractivity contribution in [3.05, 3.63) is 34.9 Å². The zero-order chi connectivity index (χ0) is 17.5. The summed E-state index contributed by atoms with van der Waals surface area (Å²) < 4.78 is 0. The van der Waals surface area contributed by atoms with E-state index in [4.69, 9.17) is 0 Å². The van der Waals surface area contributed by atoms with Gasteiger partial charge in [0.05, 0.1) is 6.54 Å². The van der Waals surface area contributed by atoms with Gasteiger partial charge in [0.1, 0.15) is 0 Å². The number of rotatable bonds is 6. The van der Waals surface area contributed by atoms with Crippen LogP contribution in [0.5, 0.6) is 0 Å². The molecule has 0 spiro atoms. The summed E-state index contributed by atoms with van der Waals surface area (Å²) in [4.78, 5) is 26.4. The summed E-state index contributed by atoms with van der Waals surface area (Å²) in [6.07, 6.45) is 2.54. The molecule has 0 saturated carbocycles. The highest BCUT2D eigenvalue weighted by molar-refractivity contribution is 5.96. The number of carbonyl (C=O) groups excluding carboxylic acids is 2. The summed E-state index contributed by atoms with van der Waals surface area (Å²) in [6.45, 7) is 9.93. The van der Waals surface area contributed by atoms with Crippen molar-refractivity contribution in [2.75, 3.05) is 32.7 Å². The van der Waals surface area contributed by atoms with Crippen molar-refractivity contribution >= 4 is 11.8 Å². The fourth-order valence-electron chi connectivity index (χ4n) is 3.27. The van der Waals surface area contributed by atoms with Gasteiger partial charge < -0.3 is 15.5 Å². The molecule has 1 atom stereocenters. The molecule has 1 fully saturated rings. The third-order valence-corrected chi connectivity index (χ3v) is 4.38. The lowest BCUT2D eigenvalue weighted by atomic mass is 10.0. The van der Waals surface area contributed by atoms with E-state index in [0.29, 0.717) is 12.1 Å². The molecule has 0 aromatic heterocycles. The molecule has 5 nitrogen and oxygen atoms in total. The molecule has 132 valence electrons. The molecule has 0 aliphatic carbocycles. The minimum absolute atomic E-state index is 0.0161. The Balaban J connectivity index is 1.68. The van der Waals surface area contributed by atoms with E-state index in [2.05, 4.69) is 22.5 Å². The Morgan fingerprint density at radius 3 is 2.54 bits per heavy atom. The summed E-state index contributed by atoms with van der Waals surface area (Å²) >= 11 is 0. The SMILES string of the molecule is Cc1cc(C)cc(C(=O)NCC(=O)NCCN2CCCC(C)C2)c1. The van der Waals surface area contributed by atoms with Gasteiger partial charge in [0.25, 0.3) is 5.91 Å². The lowest BCUT2D eigenvalue weighted by molar-refractivity contribution is -0.120. The molecule has 0 bridgehead atoms. The Kier molecular flexibility index (Phi) is 6.79. The van der Waals surface area contributed by atoms with Gasteiger partial charge in [-0.1, -0.05) is 24.1 Å². The highest BCUT2D eigenvalue weighted by Crippen LogP contribution is 2.14. The molecule has 1 aliphatic heterocycles. The second-order valence-corrected chi connectivity index (χ2v) is 6.96. The normalized spacial score (nSPS) is 18.2. The van der Waals surface area contributed by atoms with Crippen LogP contribution in [0.3, 0.4) is 0 Å². The van der Waals surface area contributed by atoms with E-state index in [9.17, 15) is 9.59 Å². The van der Waals surface area contributed by atoms with Crippen molar-refractivity contribution in [3.8, 4) is 0 Å². The van der Waals surface area contributed by atoms with Crippen molar-refractivity contribution < 1.29 is 9.59 Å². The first-order chi connectivity index (χ1) is 11.4. The van der Waals surface area contributed by atoms with Gasteiger partial charge in [-0.15, -0.1) is 0 Å². The maximum absolute atomic E-state index is 12.1. The lowest BCUT2D eigenvalue weighted by Crippen LogP contribution is -2.42. The molecule has 24 heavy (non-hydrogen) atoms. The van der Waals surface area contributed by atoms with E-state index in [1.807, 2.05) is 32.0 Å². The number of benzene rings is 1. The predicted octanol–water partition coefficient (Wildman–Crippen LogP) is 1.88. The summed E-state index contributed by atoms with van der Waals surface area (Å²) in [5.74, 6) is 0.395. The Morgan fingerprint density at radius 2 is 1.88 bits per heavy atom. The van der Waals surface area contributed by atoms with E-state index >= 15 is 0 Å². The van der Waals surface area contributed by atoms with Crippen LogP contribution in [-0.2, 0) is 4.79 Å². The van der Waals surface area contributed by atoms with Crippen LogP contribution in [0.4, 0.5) is 0 Å². The lowest BCUT2D eigenvalue weighted by Gasteiger charge is -2.30. The molecular formula is C19H29N3O2. The van der Waals surface area contributed by atoms with Gasteiger partial charge in [-0.25, -0.2) is 0 Å². The molecular weight excluding hydrogens is 302 g/mol. The van der Waals surface area contributed by atoms with Crippen LogP contribution in [-0.4, -0.2) is 49.4 Å². The largest absolute Gasteiger partial charge is 0.353 e. The zero-order valence-corrected chi connectivity index (χ0v) is 15.0. The van der Waals surface area contributed by atoms with Gasteiger partial charge in [0, 0.05) is 25.2 Å². The monoisotopic (exact) mass is 331 g/mol. The average Bonchev–Trinajstić information content (AvgIpc) is 2.51. The molecule has 1 aromatic rings. The van der Waals surface area contributed by atoms with Crippen LogP contribution in [0.1, 0.15) is 41.3 Å². The predicted molar refractivity (Wildman–Crippen MR) is 96.1 cm³/mol. The molecule has 1 unspecified atom stereocenters. The molecule has 1 heterocycles. The summed E-state index contributed by atoms with van der Waals surface area (Å²) in [7, 11) is 0. The Labute approximate surface area is 144 Å². The number of nitrogens with zero attached hydrogens (tertiary/aromatic N) is 1. The minimum Gasteiger partial charge on any atom is -0.353 e. The van der Waals surface area contributed by atoms with E-state index in [1.165, 1.54) is 12.8 Å². The summed E-state index contributed by atoms with van der Waals surface area (Å²) in [5.41, 5.74) is 2.68. The number of nitrogens with one attached hydrogen (secondary N) is 2. The van der Waals surface area contributed by atoms with Crippen molar-refractivity contribution in [2.24, 2.45) is 5.92 Å². The Morgan fingerprint density at radius 1 is 1.17 bits per heavy atom. The maximum atomic E-state index is 12.1. The quantitative estimate of drug-likeness (QED) is 0.837. The van der Waals surface area contributed by atoms with E-state index in [0.717, 1.165) is 36.7 Å². The fourth-order valence-corrected chi connectivity index (χ4v) is 3.27. The molecule has 1 aliphatic rings. The third-order valence-electron chi connectivity index (χ3n) is 4.38. The Bertz CT molecular complexity index is 566. The Hall–Kier alpha value is -1.88. The van der Waals surface area contributed by atoms with Crippen LogP contribution in [0.25, 0.3) is 0 Å². The first-order valence-electron chi connectivity index (χ1n) is 8.79. The molecule has 2 amide bonds. The second-order valence-electron chi connectivity index (χ2n) is 6.96. The van der Waals surface area contributed by atoms with Crippen molar-refractivity contribution in [3.63, 3.8) is 0 Å². The zero-order valence-electron chi connectivity index (χ0n) is 15.0. The summed E-state index contributed by atoms with van der Waals surface area (Å²) in [5, 5.41) is 5.56. The molecule has 2 rings (SSSR count). The van der Waals surface area contributed by atoms with Gasteiger partial charge in [0.2, 0.25) is 5.91 Å². The van der Waals surface area contributed by atoms with Gasteiger partial charge in [0.15, 0.2) is 0 Å². The van der Waals surface area contributed by atoms with E-state index in [-0.39, 0.29) is 18.4 Å². The molecule has 5 heteroatoms. The number of likely N-dealkylation sites (tertiary alicyclic amines) is 1. The maximum Gasteiger partial charge on any atom is 0.251 e. The molecule has 0 radical (unpaired) electrons. The number of aryl methyl sites for hydroxylation is 2. The number of hydrogen-bond acceptors (Lipinski definition) is 3. The number of carbonyl (C=O) groups is 2. The van der Waals surface area contributed by atoms with Gasteiger partial charge in [-0.05, 0) is 51.3 Å². The van der Waals surface area contributed by atoms with E-state index < -0.39 is 0 Å². The van der Waals surface area contributed by atoms with Crippen molar-refractivity contribution in [2.45, 2.75) is 33.6 Å². The number of amides is 2. The number of hydrogen-bond donors (Lipinski definition) is 2. The summed E-state index contributed by atoms with van der Waals surface area (Å²) in [6, 6.07) is 5.68. The number of piperidine rings is 1. The van der Waals surface area contributed by atoms with Gasteiger partial charge in [-0.3, -0.25) is 9.59 Å². The van der Waals surface area contributed by atoms with Crippen LogP contribution >= 0.6 is 0 Å². The van der Waals surface area contributed by atoms with Crippen molar-refractivity contribution in [1.29, 1.82) is 0 Å². The van der Waals surface area contributed by atoms with E-state index in [1.54, 1.807) is 0 Å². The first-order valence-corrected chi connectivity index (χ1v) is 8.79. The highest BCUT2D eigenvalue weighted by Gasteiger charge is 2.16. The smallest absolute Gasteiger partial charge is 0.251 e. The van der Waals surface area contributed by atoms with Crippen LogP contribution in [0, 0.1) is 19.8 Å². The topological polar surface area (TPSA) is 61.4 Å². The molecule has 1 aromatic carbocycles. The van der Waals surface area contributed by atoms with Crippen molar-refractivity contribution in [1.82, 2.24) is 15.5 Å². The van der Waals surface area contributed by atoms with Crippen LogP contribution in [0.2, 0.25) is 0 Å². The van der Waals surface area contributed by atoms with Gasteiger partial charge >= 0.3 is 0 Å². The third kappa shape index (κ3) is 5.96. The second kappa shape index (κ2) is 8.83. The highest BCUT2D eigenvalue weighted by atomic mass is 16.2. The minimum atomic E-state index is -0.207. The molecule has 2 N–H and O–H groups in total. The van der Waals surface area contributed by atoms with Crippen LogP contribution < -0.4 is 10.6 Å². The fraction of sp³-hybridized carbons (Fsp3) is 0.579. The first kappa shape index (κ1) is 18.5. The molecule has 1 saturated heterocycles. The van der Waals surface area contributed by atoms with Gasteiger partial charge in [-0.2, -0.15) is 0 Å². The van der Waals surface area contributed by atoms with Crippen LogP contribution in [0.15, 0.2) is 18.2 Å². The standard InChI is InChI=1S/C19H29N3O2/c1-14-5-4-7-22(13-14)8-6-20-18(23)12-21-19(24)17-10-15(2)9-16(3)11-17/h9-11,14H,4-8,12-13H2,1-3H3,(H,20,23)(H,21,24). The average molecular weight is 331 g/mol.